The van der Waals surface area contributed by atoms with Crippen LogP contribution < -0.4 is 5.32 Å². The van der Waals surface area contributed by atoms with Gasteiger partial charge in [-0.15, -0.1) is 0 Å². The average Bonchev–Trinajstić information content (AvgIpc) is 2.65. The summed E-state index contributed by atoms with van der Waals surface area (Å²) in [7, 11) is 2.15. The Kier molecular flexibility index (Phi) is 4.32. The molecule has 4 heteroatoms. The molecule has 0 saturated carbocycles. The van der Waals surface area contributed by atoms with Crippen molar-refractivity contribution >= 4 is 11.8 Å². The van der Waals surface area contributed by atoms with Crippen LogP contribution in [0.25, 0.3) is 0 Å². The molecule has 1 unspecified atom stereocenters. The minimum absolute atomic E-state index is 0.625. The van der Waals surface area contributed by atoms with Crippen LogP contribution in [0.3, 0.4) is 0 Å². The number of furan rings is 1. The molecule has 0 spiro atoms. The summed E-state index contributed by atoms with van der Waals surface area (Å²) < 4.78 is 5.58. The molecule has 1 fully saturated rings. The number of thioether (sulfide) groups is 1. The maximum atomic E-state index is 5.58. The van der Waals surface area contributed by atoms with E-state index in [4.69, 9.17) is 4.42 Å². The van der Waals surface area contributed by atoms with Gasteiger partial charge in [0.1, 0.15) is 11.5 Å². The highest BCUT2D eigenvalue weighted by molar-refractivity contribution is 7.99. The number of aryl methyl sites for hydroxylation is 1. The van der Waals surface area contributed by atoms with Crippen LogP contribution in [-0.2, 0) is 6.54 Å². The van der Waals surface area contributed by atoms with E-state index >= 15 is 0 Å². The van der Waals surface area contributed by atoms with Crippen LogP contribution in [0.1, 0.15) is 11.5 Å². The van der Waals surface area contributed by atoms with Gasteiger partial charge in [0.2, 0.25) is 0 Å². The first-order valence-corrected chi connectivity index (χ1v) is 6.94. The summed E-state index contributed by atoms with van der Waals surface area (Å²) in [6.45, 7) is 5.12. The van der Waals surface area contributed by atoms with Gasteiger partial charge < -0.3 is 9.73 Å². The lowest BCUT2D eigenvalue weighted by atomic mass is 10.3. The van der Waals surface area contributed by atoms with E-state index in [2.05, 4.69) is 23.3 Å². The summed E-state index contributed by atoms with van der Waals surface area (Å²) in [5.74, 6) is 4.53. The molecule has 0 radical (unpaired) electrons. The fourth-order valence-corrected chi connectivity index (χ4v) is 2.95. The second kappa shape index (κ2) is 5.75. The van der Waals surface area contributed by atoms with Gasteiger partial charge in [-0.3, -0.25) is 4.90 Å². The normalized spacial score (nSPS) is 21.6. The molecule has 3 nitrogen and oxygen atoms in total. The Morgan fingerprint density at radius 1 is 1.56 bits per heavy atom. The molecule has 0 aliphatic carbocycles. The topological polar surface area (TPSA) is 28.4 Å². The SMILES string of the molecule is Cc1ccc(CN(C)CC2CSCCN2)o1. The molecule has 1 N–H and O–H groups in total. The van der Waals surface area contributed by atoms with Gasteiger partial charge in [0, 0.05) is 30.6 Å². The molecule has 1 aliphatic heterocycles. The van der Waals surface area contributed by atoms with Crippen molar-refractivity contribution in [3.63, 3.8) is 0 Å². The van der Waals surface area contributed by atoms with Gasteiger partial charge in [-0.2, -0.15) is 11.8 Å². The molecule has 1 atom stereocenters. The van der Waals surface area contributed by atoms with Gasteiger partial charge >= 0.3 is 0 Å². The van der Waals surface area contributed by atoms with Gasteiger partial charge in [-0.1, -0.05) is 0 Å². The zero-order chi connectivity index (χ0) is 11.4. The quantitative estimate of drug-likeness (QED) is 0.867. The van der Waals surface area contributed by atoms with E-state index in [1.54, 1.807) is 0 Å². The predicted molar refractivity (Wildman–Crippen MR) is 68.9 cm³/mol. The Balaban J connectivity index is 1.77. The second-order valence-electron chi connectivity index (χ2n) is 4.44. The van der Waals surface area contributed by atoms with Crippen LogP contribution in [-0.4, -0.2) is 42.6 Å². The highest BCUT2D eigenvalue weighted by atomic mass is 32.2. The Bertz CT molecular complexity index is 321. The zero-order valence-corrected chi connectivity index (χ0v) is 10.8. The second-order valence-corrected chi connectivity index (χ2v) is 5.58. The van der Waals surface area contributed by atoms with E-state index in [1.807, 2.05) is 24.8 Å². The van der Waals surface area contributed by atoms with Crippen molar-refractivity contribution in [3.8, 4) is 0 Å². The van der Waals surface area contributed by atoms with Crippen molar-refractivity contribution in [1.82, 2.24) is 10.2 Å². The average molecular weight is 240 g/mol. The summed E-state index contributed by atoms with van der Waals surface area (Å²) in [5.41, 5.74) is 0. The Labute approximate surface area is 102 Å². The van der Waals surface area contributed by atoms with Crippen LogP contribution in [0.2, 0.25) is 0 Å². The molecule has 16 heavy (non-hydrogen) atoms. The van der Waals surface area contributed by atoms with Crippen molar-refractivity contribution in [2.45, 2.75) is 19.5 Å². The number of nitrogens with one attached hydrogen (secondary N) is 1. The Morgan fingerprint density at radius 3 is 3.06 bits per heavy atom. The van der Waals surface area contributed by atoms with Crippen LogP contribution in [0.5, 0.6) is 0 Å². The highest BCUT2D eigenvalue weighted by Gasteiger charge is 2.15. The third-order valence-corrected chi connectivity index (χ3v) is 3.88. The lowest BCUT2D eigenvalue weighted by molar-refractivity contribution is 0.267. The van der Waals surface area contributed by atoms with Crippen molar-refractivity contribution in [3.05, 3.63) is 23.7 Å². The number of likely N-dealkylation sites (N-methyl/N-ethyl adjacent to an activating group) is 1. The Hall–Kier alpha value is -0.450. The van der Waals surface area contributed by atoms with E-state index in [0.29, 0.717) is 6.04 Å². The van der Waals surface area contributed by atoms with Crippen molar-refractivity contribution in [2.75, 3.05) is 31.6 Å². The monoisotopic (exact) mass is 240 g/mol. The van der Waals surface area contributed by atoms with E-state index in [9.17, 15) is 0 Å². The number of rotatable bonds is 4. The molecule has 0 aromatic carbocycles. The minimum atomic E-state index is 0.625. The van der Waals surface area contributed by atoms with Crippen LogP contribution in [0, 0.1) is 6.92 Å². The largest absolute Gasteiger partial charge is 0.465 e. The third kappa shape index (κ3) is 3.54. The fourth-order valence-electron chi connectivity index (χ4n) is 2.01. The predicted octanol–water partition coefficient (Wildman–Crippen LogP) is 1.72. The molecule has 1 aromatic heterocycles. The summed E-state index contributed by atoms with van der Waals surface area (Å²) in [5, 5.41) is 3.55. The third-order valence-electron chi connectivity index (χ3n) is 2.75. The van der Waals surface area contributed by atoms with E-state index in [0.717, 1.165) is 31.2 Å². The molecular weight excluding hydrogens is 220 g/mol. The molecule has 0 amide bonds. The van der Waals surface area contributed by atoms with Crippen LogP contribution >= 0.6 is 11.8 Å². The van der Waals surface area contributed by atoms with Crippen molar-refractivity contribution in [1.29, 1.82) is 0 Å². The van der Waals surface area contributed by atoms with Crippen LogP contribution in [0.15, 0.2) is 16.5 Å². The molecule has 2 rings (SSSR count). The highest BCUT2D eigenvalue weighted by Crippen LogP contribution is 2.11. The maximum absolute atomic E-state index is 5.58. The molecule has 2 heterocycles. The van der Waals surface area contributed by atoms with Gasteiger partial charge in [-0.05, 0) is 26.1 Å². The maximum Gasteiger partial charge on any atom is 0.118 e. The van der Waals surface area contributed by atoms with Crippen molar-refractivity contribution < 1.29 is 4.42 Å². The summed E-state index contributed by atoms with van der Waals surface area (Å²) in [6.07, 6.45) is 0. The number of hydrogen-bond acceptors (Lipinski definition) is 4. The minimum Gasteiger partial charge on any atom is -0.465 e. The van der Waals surface area contributed by atoms with Crippen molar-refractivity contribution in [2.24, 2.45) is 0 Å². The first-order valence-electron chi connectivity index (χ1n) is 5.79. The van der Waals surface area contributed by atoms with Gasteiger partial charge in [-0.25, -0.2) is 0 Å². The Morgan fingerprint density at radius 2 is 2.44 bits per heavy atom. The molecule has 1 aliphatic rings. The zero-order valence-electron chi connectivity index (χ0n) is 10.0. The van der Waals surface area contributed by atoms with E-state index in [-0.39, 0.29) is 0 Å². The van der Waals surface area contributed by atoms with E-state index < -0.39 is 0 Å². The molecule has 90 valence electrons. The number of nitrogens with zero attached hydrogens (tertiary/aromatic N) is 1. The molecule has 0 bridgehead atoms. The summed E-state index contributed by atoms with van der Waals surface area (Å²) in [4.78, 5) is 2.32. The molecule has 1 aromatic rings. The standard InChI is InChI=1S/C12H20N2OS/c1-10-3-4-12(15-10)8-14(2)7-11-9-16-6-5-13-11/h3-4,11,13H,5-9H2,1-2H3. The smallest absolute Gasteiger partial charge is 0.118 e. The lowest BCUT2D eigenvalue weighted by Crippen LogP contribution is -2.44. The van der Waals surface area contributed by atoms with E-state index in [1.165, 1.54) is 11.5 Å². The fraction of sp³-hybridized carbons (Fsp3) is 0.667. The molecule has 1 saturated heterocycles. The number of hydrogen-bond donors (Lipinski definition) is 1. The lowest BCUT2D eigenvalue weighted by Gasteiger charge is -2.27. The van der Waals surface area contributed by atoms with Crippen LogP contribution in [0.4, 0.5) is 0 Å². The molecular formula is C12H20N2OS. The summed E-state index contributed by atoms with van der Waals surface area (Å²) in [6, 6.07) is 4.71. The van der Waals surface area contributed by atoms with Gasteiger partial charge in [0.15, 0.2) is 0 Å². The first-order chi connectivity index (χ1) is 7.74. The van der Waals surface area contributed by atoms with Gasteiger partial charge in [0.25, 0.3) is 0 Å². The first kappa shape index (κ1) is 12.0. The van der Waals surface area contributed by atoms with Gasteiger partial charge in [0.05, 0.1) is 6.54 Å². The summed E-state index contributed by atoms with van der Waals surface area (Å²) >= 11 is 2.04.